The van der Waals surface area contributed by atoms with Gasteiger partial charge in [0.15, 0.2) is 0 Å². The normalized spacial score (nSPS) is 23.9. The number of aliphatic carboxylic acids is 1. The fourth-order valence-corrected chi connectivity index (χ4v) is 3.50. The van der Waals surface area contributed by atoms with Gasteiger partial charge in [0.25, 0.3) is 0 Å². The van der Waals surface area contributed by atoms with E-state index in [4.69, 9.17) is 5.11 Å². The average Bonchev–Trinajstić information content (AvgIpc) is 2.86. The molecule has 1 N–H and O–H groups in total. The lowest BCUT2D eigenvalue weighted by atomic mass is 9.89. The summed E-state index contributed by atoms with van der Waals surface area (Å²) in [5, 5.41) is 8.81. The van der Waals surface area contributed by atoms with E-state index in [0.29, 0.717) is 19.0 Å². The van der Waals surface area contributed by atoms with Crippen LogP contribution in [0.5, 0.6) is 0 Å². The summed E-state index contributed by atoms with van der Waals surface area (Å²) in [4.78, 5) is 26.7. The van der Waals surface area contributed by atoms with Crippen molar-refractivity contribution in [2.24, 2.45) is 11.8 Å². The molecular formula is C15H26N2O3. The Hall–Kier alpha value is -1.26. The summed E-state index contributed by atoms with van der Waals surface area (Å²) in [5.41, 5.74) is 0. The zero-order valence-electron chi connectivity index (χ0n) is 12.4. The number of carbonyl (C=O) groups excluding carboxylic acids is 1. The van der Waals surface area contributed by atoms with Crippen molar-refractivity contribution in [3.8, 4) is 0 Å². The summed E-state index contributed by atoms with van der Waals surface area (Å²) < 4.78 is 0. The highest BCUT2D eigenvalue weighted by molar-refractivity contribution is 5.74. The molecule has 1 saturated heterocycles. The van der Waals surface area contributed by atoms with Crippen LogP contribution in [0.15, 0.2) is 0 Å². The lowest BCUT2D eigenvalue weighted by Gasteiger charge is -2.30. The zero-order valence-corrected chi connectivity index (χ0v) is 12.4. The number of carboxylic acids is 1. The predicted octanol–water partition coefficient (Wildman–Crippen LogP) is 2.42. The van der Waals surface area contributed by atoms with Gasteiger partial charge >= 0.3 is 12.0 Å². The van der Waals surface area contributed by atoms with Crippen LogP contribution >= 0.6 is 0 Å². The van der Waals surface area contributed by atoms with Crippen molar-refractivity contribution in [3.05, 3.63) is 0 Å². The number of carboxylic acid groups (broad SMARTS) is 1. The van der Waals surface area contributed by atoms with E-state index in [-0.39, 0.29) is 18.4 Å². The highest BCUT2D eigenvalue weighted by Gasteiger charge is 2.30. The molecule has 0 bridgehead atoms. The molecule has 1 aliphatic carbocycles. The first-order valence-corrected chi connectivity index (χ1v) is 7.78. The van der Waals surface area contributed by atoms with E-state index in [1.807, 2.05) is 16.8 Å². The van der Waals surface area contributed by atoms with Crippen LogP contribution < -0.4 is 0 Å². The molecular weight excluding hydrogens is 256 g/mol. The molecule has 1 saturated carbocycles. The lowest BCUT2D eigenvalue weighted by molar-refractivity contribution is -0.138. The molecule has 0 aromatic carbocycles. The van der Waals surface area contributed by atoms with Gasteiger partial charge in [0.2, 0.25) is 0 Å². The molecule has 5 nitrogen and oxygen atoms in total. The van der Waals surface area contributed by atoms with Crippen molar-refractivity contribution in [3.63, 3.8) is 0 Å². The second-order valence-corrected chi connectivity index (χ2v) is 6.37. The van der Waals surface area contributed by atoms with Crippen LogP contribution in [0.25, 0.3) is 0 Å². The molecule has 1 heterocycles. The minimum atomic E-state index is -0.764. The number of likely N-dealkylation sites (tertiary alicyclic amines) is 1. The minimum absolute atomic E-state index is 0.0727. The van der Waals surface area contributed by atoms with Gasteiger partial charge in [-0.05, 0) is 31.1 Å². The summed E-state index contributed by atoms with van der Waals surface area (Å²) >= 11 is 0. The summed E-state index contributed by atoms with van der Waals surface area (Å²) in [7, 11) is 1.88. The van der Waals surface area contributed by atoms with Gasteiger partial charge in [-0.2, -0.15) is 0 Å². The molecule has 2 amide bonds. The standard InChI is InChI=1S/C15H26N2O3/c1-16(10-12-5-3-2-4-6-12)15(20)17-8-7-13(11-17)9-14(18)19/h12-13H,2-11H2,1H3,(H,18,19). The average molecular weight is 282 g/mol. The first-order valence-electron chi connectivity index (χ1n) is 7.78. The second-order valence-electron chi connectivity index (χ2n) is 6.37. The lowest BCUT2D eigenvalue weighted by Crippen LogP contribution is -2.42. The van der Waals surface area contributed by atoms with Gasteiger partial charge in [-0.1, -0.05) is 19.3 Å². The number of urea groups is 1. The number of rotatable bonds is 4. The Morgan fingerprint density at radius 2 is 1.85 bits per heavy atom. The fraction of sp³-hybridized carbons (Fsp3) is 0.867. The Labute approximate surface area is 120 Å². The predicted molar refractivity (Wildman–Crippen MR) is 76.5 cm³/mol. The molecule has 0 spiro atoms. The molecule has 1 aliphatic heterocycles. The van der Waals surface area contributed by atoms with Crippen molar-refractivity contribution < 1.29 is 14.7 Å². The smallest absolute Gasteiger partial charge is 0.319 e. The third-order valence-corrected chi connectivity index (χ3v) is 4.60. The van der Waals surface area contributed by atoms with E-state index in [0.717, 1.165) is 13.0 Å². The first kappa shape index (κ1) is 15.1. The van der Waals surface area contributed by atoms with Crippen LogP contribution in [-0.2, 0) is 4.79 Å². The molecule has 20 heavy (non-hydrogen) atoms. The largest absolute Gasteiger partial charge is 0.481 e. The Balaban J connectivity index is 1.77. The van der Waals surface area contributed by atoms with Gasteiger partial charge < -0.3 is 14.9 Å². The molecule has 2 aliphatic rings. The molecule has 0 aromatic rings. The van der Waals surface area contributed by atoms with Crippen molar-refractivity contribution >= 4 is 12.0 Å². The Morgan fingerprint density at radius 1 is 1.15 bits per heavy atom. The number of hydrogen-bond acceptors (Lipinski definition) is 2. The SMILES string of the molecule is CN(CC1CCCCC1)C(=O)N1CCC(CC(=O)O)C1. The Bertz CT molecular complexity index is 353. The van der Waals surface area contributed by atoms with E-state index in [1.54, 1.807) is 0 Å². The molecule has 0 radical (unpaired) electrons. The highest BCUT2D eigenvalue weighted by atomic mass is 16.4. The van der Waals surface area contributed by atoms with Crippen LogP contribution in [0.3, 0.4) is 0 Å². The van der Waals surface area contributed by atoms with Crippen LogP contribution in [0.4, 0.5) is 4.79 Å². The maximum Gasteiger partial charge on any atom is 0.319 e. The van der Waals surface area contributed by atoms with E-state index < -0.39 is 5.97 Å². The van der Waals surface area contributed by atoms with Gasteiger partial charge in [0.1, 0.15) is 0 Å². The summed E-state index contributed by atoms with van der Waals surface area (Å²) in [6.45, 7) is 2.14. The molecule has 1 atom stereocenters. The monoisotopic (exact) mass is 282 g/mol. The second kappa shape index (κ2) is 6.95. The summed E-state index contributed by atoms with van der Waals surface area (Å²) in [6.07, 6.45) is 7.37. The van der Waals surface area contributed by atoms with Crippen LogP contribution in [0.1, 0.15) is 44.9 Å². The van der Waals surface area contributed by atoms with Crippen molar-refractivity contribution in [1.82, 2.24) is 9.80 Å². The number of amides is 2. The molecule has 0 aromatic heterocycles. The van der Waals surface area contributed by atoms with Gasteiger partial charge in [-0.15, -0.1) is 0 Å². The zero-order chi connectivity index (χ0) is 14.5. The molecule has 114 valence electrons. The maximum atomic E-state index is 12.4. The highest BCUT2D eigenvalue weighted by Crippen LogP contribution is 2.25. The Kier molecular flexibility index (Phi) is 5.26. The maximum absolute atomic E-state index is 12.4. The quantitative estimate of drug-likeness (QED) is 0.861. The van der Waals surface area contributed by atoms with Gasteiger partial charge in [0, 0.05) is 33.1 Å². The minimum Gasteiger partial charge on any atom is -0.481 e. The first-order chi connectivity index (χ1) is 9.56. The topological polar surface area (TPSA) is 60.9 Å². The molecule has 2 rings (SSSR count). The molecule has 1 unspecified atom stereocenters. The number of nitrogens with zero attached hydrogens (tertiary/aromatic N) is 2. The van der Waals surface area contributed by atoms with Crippen LogP contribution in [0.2, 0.25) is 0 Å². The van der Waals surface area contributed by atoms with E-state index >= 15 is 0 Å². The van der Waals surface area contributed by atoms with Crippen molar-refractivity contribution in [2.45, 2.75) is 44.9 Å². The van der Waals surface area contributed by atoms with E-state index in [2.05, 4.69) is 0 Å². The number of carbonyl (C=O) groups is 2. The number of hydrogen-bond donors (Lipinski definition) is 1. The molecule has 5 heteroatoms. The molecule has 2 fully saturated rings. The van der Waals surface area contributed by atoms with Gasteiger partial charge in [0.05, 0.1) is 0 Å². The third kappa shape index (κ3) is 4.12. The van der Waals surface area contributed by atoms with E-state index in [9.17, 15) is 9.59 Å². The van der Waals surface area contributed by atoms with Crippen LogP contribution in [0, 0.1) is 11.8 Å². The van der Waals surface area contributed by atoms with Gasteiger partial charge in [-0.3, -0.25) is 4.79 Å². The van der Waals surface area contributed by atoms with Crippen LogP contribution in [-0.4, -0.2) is 53.6 Å². The summed E-state index contributed by atoms with van der Waals surface area (Å²) in [5.74, 6) is 0.00880. The third-order valence-electron chi connectivity index (χ3n) is 4.60. The summed E-state index contributed by atoms with van der Waals surface area (Å²) in [6, 6.07) is 0.0727. The Morgan fingerprint density at radius 3 is 2.50 bits per heavy atom. The van der Waals surface area contributed by atoms with Crippen molar-refractivity contribution in [1.29, 1.82) is 0 Å². The van der Waals surface area contributed by atoms with Crippen molar-refractivity contribution in [2.75, 3.05) is 26.7 Å². The van der Waals surface area contributed by atoms with Gasteiger partial charge in [-0.25, -0.2) is 4.79 Å². The van der Waals surface area contributed by atoms with E-state index in [1.165, 1.54) is 32.1 Å². The fourth-order valence-electron chi connectivity index (χ4n) is 3.50.